The molecule has 0 N–H and O–H groups in total. The largest absolute Gasteiger partial charge is 0.493 e. The van der Waals surface area contributed by atoms with E-state index in [1.807, 2.05) is 31.2 Å². The zero-order valence-electron chi connectivity index (χ0n) is 32.7. The van der Waals surface area contributed by atoms with Crippen molar-refractivity contribution in [2.75, 3.05) is 78.7 Å². The predicted octanol–water partition coefficient (Wildman–Crippen LogP) is 5.45. The summed E-state index contributed by atoms with van der Waals surface area (Å²) in [5, 5.41) is 0.443. The number of carbonyl (C=O) groups is 3. The van der Waals surface area contributed by atoms with Gasteiger partial charge in [0.05, 0.1) is 44.4 Å². The van der Waals surface area contributed by atoms with Crippen molar-refractivity contribution in [3.63, 3.8) is 0 Å². The third kappa shape index (κ3) is 7.61. The minimum Gasteiger partial charge on any atom is -0.493 e. The van der Waals surface area contributed by atoms with E-state index < -0.39 is 29.2 Å². The van der Waals surface area contributed by atoms with Crippen LogP contribution in [0, 0.1) is 0 Å². The molecule has 0 radical (unpaired) electrons. The number of carbonyl (C=O) groups excluding carboxylic acids is 3. The Labute approximate surface area is 336 Å². The SMILES string of the molecule is CCOCCn1c(N2CCCN(CCC3(c4cccc(Cl)c4)CCN(C(=O)c4cc(OC)c(OC)c(OC)c4)C34OC(=O)C=CC(=O)O4)CC2)nc2ccccc21. The summed E-state index contributed by atoms with van der Waals surface area (Å²) in [7, 11) is 4.37. The van der Waals surface area contributed by atoms with E-state index >= 15 is 0 Å². The molecule has 1 spiro atoms. The van der Waals surface area contributed by atoms with Crippen molar-refractivity contribution in [3.8, 4) is 17.2 Å². The fourth-order valence-corrected chi connectivity index (χ4v) is 8.56. The van der Waals surface area contributed by atoms with E-state index in [1.165, 1.54) is 38.4 Å². The van der Waals surface area contributed by atoms with Crippen LogP contribution < -0.4 is 19.1 Å². The summed E-state index contributed by atoms with van der Waals surface area (Å²) in [5.41, 5.74) is 1.58. The second-order valence-electron chi connectivity index (χ2n) is 14.2. The van der Waals surface area contributed by atoms with Gasteiger partial charge in [-0.25, -0.2) is 14.6 Å². The average molecular weight is 802 g/mol. The molecule has 3 aromatic carbocycles. The summed E-state index contributed by atoms with van der Waals surface area (Å²) in [6.07, 6.45) is 3.54. The first-order valence-corrected chi connectivity index (χ1v) is 19.6. The molecule has 0 aliphatic carbocycles. The van der Waals surface area contributed by atoms with Gasteiger partial charge in [0.15, 0.2) is 11.5 Å². The molecular formula is C42H48ClN5O9. The Kier molecular flexibility index (Phi) is 11.9. The number of imidazole rings is 1. The van der Waals surface area contributed by atoms with Crippen LogP contribution in [0.25, 0.3) is 11.0 Å². The maximum absolute atomic E-state index is 14.8. The minimum absolute atomic E-state index is 0.0777. The summed E-state index contributed by atoms with van der Waals surface area (Å²) in [4.78, 5) is 52.8. The number of rotatable bonds is 13. The molecule has 1 amide bonds. The van der Waals surface area contributed by atoms with Crippen LogP contribution in [0.5, 0.6) is 17.2 Å². The summed E-state index contributed by atoms with van der Waals surface area (Å²) < 4.78 is 37.0. The lowest BCUT2D eigenvalue weighted by atomic mass is 9.73. The lowest BCUT2D eigenvalue weighted by Crippen LogP contribution is -2.63. The predicted molar refractivity (Wildman–Crippen MR) is 213 cm³/mol. The average Bonchev–Trinajstić information content (AvgIpc) is 3.55. The molecule has 15 heteroatoms. The Morgan fingerprint density at radius 1 is 0.860 bits per heavy atom. The van der Waals surface area contributed by atoms with Crippen LogP contribution in [-0.4, -0.2) is 117 Å². The van der Waals surface area contributed by atoms with Crippen molar-refractivity contribution >= 4 is 46.4 Å². The molecule has 1 aromatic heterocycles. The Bertz CT molecular complexity index is 2110. The number of likely N-dealkylation sites (tertiary alicyclic amines) is 1. The van der Waals surface area contributed by atoms with Crippen LogP contribution in [0.1, 0.15) is 42.1 Å². The number of fused-ring (bicyclic) bond motifs is 1. The number of esters is 2. The van der Waals surface area contributed by atoms with Gasteiger partial charge in [-0.3, -0.25) is 9.69 Å². The summed E-state index contributed by atoms with van der Waals surface area (Å²) in [6.45, 7) is 7.52. The van der Waals surface area contributed by atoms with E-state index in [0.29, 0.717) is 62.1 Å². The molecule has 4 aromatic rings. The van der Waals surface area contributed by atoms with Gasteiger partial charge in [-0.05, 0) is 81.2 Å². The standard InChI is InChI=1S/C42H48ClN5O9/c1-5-55-25-24-47-33-13-7-6-12-32(33)44-40(47)46-19-9-18-45(22-23-46)20-16-41(30-10-8-11-31(43)28-30)17-21-48(42(41)56-36(49)14-15-37(50)57-42)39(51)29-26-34(52-2)38(54-4)35(27-29)53-3/h6-8,10-15,26-28H,5,9,16-25H2,1-4H3. The van der Waals surface area contributed by atoms with Crippen molar-refractivity contribution < 1.29 is 42.8 Å². The van der Waals surface area contributed by atoms with Crippen molar-refractivity contribution in [3.05, 3.63) is 89.0 Å². The molecule has 0 bridgehead atoms. The van der Waals surface area contributed by atoms with E-state index in [9.17, 15) is 14.4 Å². The van der Waals surface area contributed by atoms with Crippen molar-refractivity contribution in [2.24, 2.45) is 0 Å². The molecule has 302 valence electrons. The fourth-order valence-electron chi connectivity index (χ4n) is 8.37. The highest BCUT2D eigenvalue weighted by molar-refractivity contribution is 6.30. The fraction of sp³-hybridized carbons (Fsp3) is 0.429. The Morgan fingerprint density at radius 2 is 1.60 bits per heavy atom. The van der Waals surface area contributed by atoms with Crippen LogP contribution >= 0.6 is 11.6 Å². The van der Waals surface area contributed by atoms with Crippen LogP contribution in [0.2, 0.25) is 5.02 Å². The number of ether oxygens (including phenoxy) is 6. The maximum Gasteiger partial charge on any atom is 0.355 e. The monoisotopic (exact) mass is 801 g/mol. The van der Waals surface area contributed by atoms with E-state index in [4.69, 9.17) is 45.0 Å². The second-order valence-corrected chi connectivity index (χ2v) is 14.6. The Hall–Kier alpha value is -5.31. The Morgan fingerprint density at radius 3 is 2.28 bits per heavy atom. The van der Waals surface area contributed by atoms with Gasteiger partial charge in [-0.1, -0.05) is 35.9 Å². The van der Waals surface area contributed by atoms with Crippen LogP contribution in [-0.2, 0) is 35.8 Å². The number of amides is 1. The number of nitrogens with zero attached hydrogens (tertiary/aromatic N) is 5. The summed E-state index contributed by atoms with van der Waals surface area (Å²) >= 11 is 6.64. The van der Waals surface area contributed by atoms with Gasteiger partial charge in [0, 0.05) is 62.1 Å². The molecule has 1 unspecified atom stereocenters. The van der Waals surface area contributed by atoms with E-state index in [-0.39, 0.29) is 30.0 Å². The van der Waals surface area contributed by atoms with Gasteiger partial charge in [0.2, 0.25) is 11.7 Å². The quantitative estimate of drug-likeness (QED) is 0.126. The highest BCUT2D eigenvalue weighted by atomic mass is 35.5. The molecule has 0 saturated carbocycles. The summed E-state index contributed by atoms with van der Waals surface area (Å²) in [5.74, 6) is -2.68. The van der Waals surface area contributed by atoms with Crippen LogP contribution in [0.15, 0.2) is 72.8 Å². The smallest absolute Gasteiger partial charge is 0.355 e. The highest BCUT2D eigenvalue weighted by Gasteiger charge is 2.68. The van der Waals surface area contributed by atoms with E-state index in [2.05, 4.69) is 20.4 Å². The van der Waals surface area contributed by atoms with Gasteiger partial charge >= 0.3 is 17.8 Å². The number of para-hydroxylation sites is 2. The number of benzene rings is 3. The number of methoxy groups -OCH3 is 3. The third-order valence-electron chi connectivity index (χ3n) is 11.1. The van der Waals surface area contributed by atoms with Gasteiger partial charge in [-0.15, -0.1) is 0 Å². The molecule has 4 heterocycles. The Balaban J connectivity index is 1.23. The lowest BCUT2D eigenvalue weighted by Gasteiger charge is -2.46. The minimum atomic E-state index is -2.18. The van der Waals surface area contributed by atoms with Crippen LogP contribution in [0.3, 0.4) is 0 Å². The normalized spacial score (nSPS) is 19.7. The van der Waals surface area contributed by atoms with Gasteiger partial charge in [0.1, 0.15) is 0 Å². The number of aromatic nitrogens is 2. The molecule has 2 saturated heterocycles. The van der Waals surface area contributed by atoms with E-state index in [1.54, 1.807) is 18.2 Å². The third-order valence-corrected chi connectivity index (χ3v) is 11.3. The molecule has 3 aliphatic heterocycles. The number of hydrogen-bond acceptors (Lipinski definition) is 12. The number of halogens is 1. The zero-order valence-corrected chi connectivity index (χ0v) is 33.5. The molecule has 1 atom stereocenters. The first kappa shape index (κ1) is 39.9. The lowest BCUT2D eigenvalue weighted by molar-refractivity contribution is -0.283. The van der Waals surface area contributed by atoms with Gasteiger partial charge < -0.3 is 42.8 Å². The number of anilines is 1. The second kappa shape index (κ2) is 17.0. The molecule has 57 heavy (non-hydrogen) atoms. The highest BCUT2D eigenvalue weighted by Crippen LogP contribution is 2.54. The van der Waals surface area contributed by atoms with Gasteiger partial charge in [-0.2, -0.15) is 0 Å². The first-order valence-electron chi connectivity index (χ1n) is 19.2. The molecule has 14 nitrogen and oxygen atoms in total. The van der Waals surface area contributed by atoms with Crippen LogP contribution in [0.4, 0.5) is 5.95 Å². The summed E-state index contributed by atoms with van der Waals surface area (Å²) in [6, 6.07) is 18.4. The molecule has 3 aliphatic rings. The van der Waals surface area contributed by atoms with Crippen molar-refractivity contribution in [2.45, 2.75) is 44.1 Å². The van der Waals surface area contributed by atoms with E-state index in [0.717, 1.165) is 48.6 Å². The zero-order chi connectivity index (χ0) is 40.2. The maximum atomic E-state index is 14.8. The first-order chi connectivity index (χ1) is 27.7. The number of hydrogen-bond donors (Lipinski definition) is 0. The molecule has 2 fully saturated rings. The van der Waals surface area contributed by atoms with Crippen molar-refractivity contribution in [1.82, 2.24) is 19.4 Å². The molecular weight excluding hydrogens is 754 g/mol. The molecule has 7 rings (SSSR count). The van der Waals surface area contributed by atoms with Crippen molar-refractivity contribution in [1.29, 1.82) is 0 Å². The van der Waals surface area contributed by atoms with Gasteiger partial charge in [0.25, 0.3) is 5.91 Å². The topological polar surface area (TPSA) is 134 Å².